The fourth-order valence-corrected chi connectivity index (χ4v) is 5.79. The SMILES string of the molecule is CN1CCC23c4c5ccc(O)c4O[C@H]2C(N)CC[C@@]3(O)C1C5. The molecule has 5 rings (SSSR count). The Hall–Kier alpha value is -1.30. The second kappa shape index (κ2) is 3.78. The number of piperidine rings is 1. The molecule has 22 heavy (non-hydrogen) atoms. The summed E-state index contributed by atoms with van der Waals surface area (Å²) in [5, 5.41) is 22.0. The monoisotopic (exact) mass is 302 g/mol. The maximum absolute atomic E-state index is 11.7. The third-order valence-electron chi connectivity index (χ3n) is 6.78. The topological polar surface area (TPSA) is 79.0 Å². The highest BCUT2D eigenvalue weighted by molar-refractivity contribution is 5.62. The van der Waals surface area contributed by atoms with Crippen LogP contribution in [0.2, 0.25) is 0 Å². The molecule has 2 fully saturated rings. The smallest absolute Gasteiger partial charge is 0.165 e. The Morgan fingerprint density at radius 2 is 2.18 bits per heavy atom. The summed E-state index contributed by atoms with van der Waals surface area (Å²) < 4.78 is 6.17. The number of nitrogens with two attached hydrogens (primary N) is 1. The van der Waals surface area contributed by atoms with E-state index in [4.69, 9.17) is 10.5 Å². The maximum atomic E-state index is 11.7. The van der Waals surface area contributed by atoms with Crippen LogP contribution in [0.15, 0.2) is 12.1 Å². The highest BCUT2D eigenvalue weighted by Gasteiger charge is 2.72. The summed E-state index contributed by atoms with van der Waals surface area (Å²) in [6.45, 7) is 0.925. The van der Waals surface area contributed by atoms with E-state index in [1.807, 2.05) is 6.07 Å². The van der Waals surface area contributed by atoms with Gasteiger partial charge in [-0.2, -0.15) is 0 Å². The Bertz CT molecular complexity index is 678. The van der Waals surface area contributed by atoms with Crippen LogP contribution >= 0.6 is 0 Å². The number of phenolic OH excluding ortho intramolecular Hbond substituents is 1. The first-order valence-electron chi connectivity index (χ1n) is 8.19. The van der Waals surface area contributed by atoms with E-state index in [1.54, 1.807) is 6.07 Å². The minimum Gasteiger partial charge on any atom is -0.504 e. The average Bonchev–Trinajstić information content (AvgIpc) is 2.85. The zero-order valence-corrected chi connectivity index (χ0v) is 12.7. The first-order chi connectivity index (χ1) is 10.5. The molecule has 118 valence electrons. The van der Waals surface area contributed by atoms with Crippen LogP contribution in [0.25, 0.3) is 0 Å². The number of aliphatic hydroxyl groups is 1. The van der Waals surface area contributed by atoms with Gasteiger partial charge in [-0.05, 0) is 50.9 Å². The molecule has 5 nitrogen and oxygen atoms in total. The zero-order chi connectivity index (χ0) is 15.3. The van der Waals surface area contributed by atoms with Gasteiger partial charge in [0.2, 0.25) is 0 Å². The van der Waals surface area contributed by atoms with Crippen LogP contribution in [0.5, 0.6) is 11.5 Å². The van der Waals surface area contributed by atoms with Crippen molar-refractivity contribution in [3.8, 4) is 11.5 Å². The predicted octanol–water partition coefficient (Wildman–Crippen LogP) is 0.503. The Morgan fingerprint density at radius 3 is 3.00 bits per heavy atom. The largest absolute Gasteiger partial charge is 0.504 e. The van der Waals surface area contributed by atoms with Crippen molar-refractivity contribution < 1.29 is 14.9 Å². The van der Waals surface area contributed by atoms with Crippen LogP contribution < -0.4 is 10.5 Å². The van der Waals surface area contributed by atoms with Crippen LogP contribution in [-0.4, -0.2) is 52.5 Å². The van der Waals surface area contributed by atoms with Gasteiger partial charge in [0.05, 0.1) is 11.0 Å². The van der Waals surface area contributed by atoms with Crippen molar-refractivity contribution in [3.05, 3.63) is 23.3 Å². The van der Waals surface area contributed by atoms with Gasteiger partial charge < -0.3 is 25.6 Å². The molecule has 5 heteroatoms. The first-order valence-corrected chi connectivity index (χ1v) is 8.19. The summed E-state index contributed by atoms with van der Waals surface area (Å²) in [5.74, 6) is 0.746. The molecule has 4 N–H and O–H groups in total. The molecule has 1 saturated carbocycles. The minimum absolute atomic E-state index is 0.0953. The quantitative estimate of drug-likeness (QED) is 0.650. The highest BCUT2D eigenvalue weighted by atomic mass is 16.5. The average molecular weight is 302 g/mol. The van der Waals surface area contributed by atoms with Gasteiger partial charge >= 0.3 is 0 Å². The molecule has 0 amide bonds. The van der Waals surface area contributed by atoms with Gasteiger partial charge in [-0.1, -0.05) is 6.07 Å². The fourth-order valence-electron chi connectivity index (χ4n) is 5.79. The van der Waals surface area contributed by atoms with Crippen LogP contribution in [0.3, 0.4) is 0 Å². The molecule has 1 aromatic carbocycles. The Morgan fingerprint density at radius 1 is 1.36 bits per heavy atom. The fraction of sp³-hybridized carbons (Fsp3) is 0.647. The van der Waals surface area contributed by atoms with E-state index >= 15 is 0 Å². The van der Waals surface area contributed by atoms with Crippen molar-refractivity contribution in [1.82, 2.24) is 4.90 Å². The molecule has 2 aliphatic carbocycles. The van der Waals surface area contributed by atoms with E-state index in [0.717, 1.165) is 31.4 Å². The zero-order valence-electron chi connectivity index (χ0n) is 12.7. The number of hydrogen-bond acceptors (Lipinski definition) is 5. The predicted molar refractivity (Wildman–Crippen MR) is 81.1 cm³/mol. The first kappa shape index (κ1) is 13.2. The van der Waals surface area contributed by atoms with Crippen LogP contribution in [0.1, 0.15) is 30.4 Å². The van der Waals surface area contributed by atoms with Gasteiger partial charge in [0.25, 0.3) is 0 Å². The molecule has 1 aromatic rings. The van der Waals surface area contributed by atoms with E-state index in [9.17, 15) is 10.2 Å². The van der Waals surface area contributed by atoms with Crippen molar-refractivity contribution >= 4 is 0 Å². The van der Waals surface area contributed by atoms with Crippen molar-refractivity contribution in [3.63, 3.8) is 0 Å². The van der Waals surface area contributed by atoms with Crippen molar-refractivity contribution in [2.45, 2.75) is 54.9 Å². The van der Waals surface area contributed by atoms with Gasteiger partial charge in [0.1, 0.15) is 6.10 Å². The molecule has 2 bridgehead atoms. The normalized spacial score (nSPS) is 45.3. The van der Waals surface area contributed by atoms with Gasteiger partial charge in [0.15, 0.2) is 11.5 Å². The van der Waals surface area contributed by atoms with Crippen molar-refractivity contribution in [2.24, 2.45) is 5.73 Å². The third kappa shape index (κ3) is 1.17. The number of benzene rings is 1. The lowest BCUT2D eigenvalue weighted by Crippen LogP contribution is -2.77. The molecule has 3 unspecified atom stereocenters. The number of phenols is 1. The Labute approximate surface area is 129 Å². The van der Waals surface area contributed by atoms with Crippen molar-refractivity contribution in [2.75, 3.05) is 13.6 Å². The van der Waals surface area contributed by atoms with Crippen LogP contribution in [0.4, 0.5) is 0 Å². The number of nitrogens with zero attached hydrogens (tertiary/aromatic N) is 1. The third-order valence-corrected chi connectivity index (χ3v) is 6.78. The summed E-state index contributed by atoms with van der Waals surface area (Å²) in [4.78, 5) is 2.28. The molecule has 0 radical (unpaired) electrons. The molecule has 2 aliphatic heterocycles. The Balaban J connectivity index is 1.86. The lowest BCUT2D eigenvalue weighted by Gasteiger charge is -2.63. The number of rotatable bonds is 0. The lowest BCUT2D eigenvalue weighted by atomic mass is 9.48. The van der Waals surface area contributed by atoms with Gasteiger partial charge in [0, 0.05) is 17.6 Å². The molecule has 5 atom stereocenters. The Kier molecular flexibility index (Phi) is 2.26. The van der Waals surface area contributed by atoms with Gasteiger partial charge in [-0.15, -0.1) is 0 Å². The van der Waals surface area contributed by atoms with E-state index in [-0.39, 0.29) is 23.9 Å². The van der Waals surface area contributed by atoms with Crippen molar-refractivity contribution in [1.29, 1.82) is 0 Å². The lowest BCUT2D eigenvalue weighted by molar-refractivity contribution is -0.184. The summed E-state index contributed by atoms with van der Waals surface area (Å²) in [6.07, 6.45) is 2.88. The standard InChI is InChI=1S/C17H22N2O3/c1-19-7-6-16-13-9-2-3-11(20)14(13)22-15(16)10(18)4-5-17(16,21)12(19)8-9/h2-3,10,12,15,20-21H,4-8,18H2,1H3/t10?,12?,15-,16?,17+/m0/s1. The summed E-state index contributed by atoms with van der Waals surface area (Å²) in [7, 11) is 2.10. The highest BCUT2D eigenvalue weighted by Crippen LogP contribution is 2.64. The molecule has 1 saturated heterocycles. The van der Waals surface area contributed by atoms with E-state index in [1.165, 1.54) is 5.56 Å². The van der Waals surface area contributed by atoms with Crippen LogP contribution in [0, 0.1) is 0 Å². The van der Waals surface area contributed by atoms with Crippen LogP contribution in [-0.2, 0) is 11.8 Å². The molecule has 2 heterocycles. The second-order valence-electron chi connectivity index (χ2n) is 7.54. The summed E-state index contributed by atoms with van der Waals surface area (Å²) >= 11 is 0. The van der Waals surface area contributed by atoms with E-state index in [0.29, 0.717) is 12.2 Å². The molecular formula is C17H22N2O3. The summed E-state index contributed by atoms with van der Waals surface area (Å²) in [6, 6.07) is 3.71. The number of likely N-dealkylation sites (tertiary alicyclic amines) is 1. The number of likely N-dealkylation sites (N-methyl/N-ethyl adjacent to an activating group) is 1. The minimum atomic E-state index is -0.813. The number of ether oxygens (including phenoxy) is 1. The second-order valence-corrected chi connectivity index (χ2v) is 7.54. The molecule has 0 aromatic heterocycles. The maximum Gasteiger partial charge on any atom is 0.165 e. The van der Waals surface area contributed by atoms with E-state index < -0.39 is 11.0 Å². The molecular weight excluding hydrogens is 280 g/mol. The molecule has 1 spiro atoms. The number of aromatic hydroxyl groups is 1. The molecule has 4 aliphatic rings. The van der Waals surface area contributed by atoms with E-state index in [2.05, 4.69) is 11.9 Å². The summed E-state index contributed by atoms with van der Waals surface area (Å²) in [5.41, 5.74) is 7.35. The van der Waals surface area contributed by atoms with Gasteiger partial charge in [-0.3, -0.25) is 0 Å². The number of hydrogen-bond donors (Lipinski definition) is 3. The van der Waals surface area contributed by atoms with Gasteiger partial charge in [-0.25, -0.2) is 0 Å².